The van der Waals surface area contributed by atoms with E-state index < -0.39 is 18.0 Å². The van der Waals surface area contributed by atoms with E-state index >= 15 is 0 Å². The van der Waals surface area contributed by atoms with Gasteiger partial charge in [-0.15, -0.1) is 12.8 Å². The van der Waals surface area contributed by atoms with E-state index in [0.29, 0.717) is 0 Å². The number of hydrogen-bond acceptors (Lipinski definition) is 2. The molecule has 0 spiro atoms. The molecule has 0 radical (unpaired) electrons. The molecule has 0 unspecified atom stereocenters. The van der Waals surface area contributed by atoms with Crippen LogP contribution >= 0.6 is 0 Å². The van der Waals surface area contributed by atoms with Crippen LogP contribution in [0.3, 0.4) is 0 Å². The highest BCUT2D eigenvalue weighted by Crippen LogP contribution is 2.26. The van der Waals surface area contributed by atoms with Crippen LogP contribution in [0, 0.1) is 24.7 Å². The Bertz CT molecular complexity index is 205. The standard InChI is InChI=1S/C9H10O2/c1-5-7-8(6-2)11-9(3,4)10-7/h1-2,7-8H,3-4H3/t7-,8-/m0/s1. The van der Waals surface area contributed by atoms with Crippen LogP contribution in [0.4, 0.5) is 0 Å². The Kier molecular flexibility index (Phi) is 1.91. The van der Waals surface area contributed by atoms with Gasteiger partial charge in [-0.2, -0.15) is 0 Å². The van der Waals surface area contributed by atoms with Crippen LogP contribution in [0.1, 0.15) is 13.8 Å². The molecule has 0 N–H and O–H groups in total. The van der Waals surface area contributed by atoms with E-state index in [1.165, 1.54) is 0 Å². The van der Waals surface area contributed by atoms with Crippen molar-refractivity contribution in [3.8, 4) is 24.7 Å². The number of hydrogen-bond donors (Lipinski definition) is 0. The molecule has 11 heavy (non-hydrogen) atoms. The topological polar surface area (TPSA) is 18.5 Å². The average Bonchev–Trinajstić information content (AvgIpc) is 2.25. The lowest BCUT2D eigenvalue weighted by Gasteiger charge is -2.14. The van der Waals surface area contributed by atoms with E-state index in [2.05, 4.69) is 11.8 Å². The minimum absolute atomic E-state index is 0.407. The summed E-state index contributed by atoms with van der Waals surface area (Å²) in [6, 6.07) is 0. The van der Waals surface area contributed by atoms with Crippen molar-refractivity contribution in [2.75, 3.05) is 0 Å². The molecule has 1 rings (SSSR count). The molecule has 0 saturated carbocycles. The van der Waals surface area contributed by atoms with Gasteiger partial charge >= 0.3 is 0 Å². The smallest absolute Gasteiger partial charge is 0.166 e. The maximum atomic E-state index is 5.30. The first-order valence-corrected chi connectivity index (χ1v) is 3.37. The predicted molar refractivity (Wildman–Crippen MR) is 41.5 cm³/mol. The fraction of sp³-hybridized carbons (Fsp3) is 0.556. The van der Waals surface area contributed by atoms with E-state index in [1.807, 2.05) is 0 Å². The predicted octanol–water partition coefficient (Wildman–Crippen LogP) is 0.773. The molecule has 1 aliphatic rings. The average molecular weight is 150 g/mol. The molecule has 58 valence electrons. The summed E-state index contributed by atoms with van der Waals surface area (Å²) in [5.41, 5.74) is 0. The largest absolute Gasteiger partial charge is 0.331 e. The summed E-state index contributed by atoms with van der Waals surface area (Å²) in [6.07, 6.45) is 9.53. The minimum Gasteiger partial charge on any atom is -0.331 e. The molecule has 2 nitrogen and oxygen atoms in total. The Morgan fingerprint density at radius 3 is 1.73 bits per heavy atom. The van der Waals surface area contributed by atoms with Crippen molar-refractivity contribution in [2.24, 2.45) is 0 Å². The summed E-state index contributed by atoms with van der Waals surface area (Å²) < 4.78 is 10.6. The zero-order valence-electron chi connectivity index (χ0n) is 6.63. The molecular weight excluding hydrogens is 140 g/mol. The fourth-order valence-corrected chi connectivity index (χ4v) is 1.01. The SMILES string of the molecule is C#C[C@@H]1OC(C)(C)O[C@H]1C#C. The molecule has 0 bridgehead atoms. The lowest BCUT2D eigenvalue weighted by Crippen LogP contribution is -2.20. The second-order valence-electron chi connectivity index (χ2n) is 2.81. The molecule has 2 atom stereocenters. The summed E-state index contributed by atoms with van der Waals surface area (Å²) in [7, 11) is 0. The second-order valence-corrected chi connectivity index (χ2v) is 2.81. The molecule has 0 aromatic rings. The van der Waals surface area contributed by atoms with Crippen molar-refractivity contribution in [1.82, 2.24) is 0 Å². The number of rotatable bonds is 0. The molecule has 0 aromatic carbocycles. The van der Waals surface area contributed by atoms with E-state index in [-0.39, 0.29) is 0 Å². The van der Waals surface area contributed by atoms with Crippen molar-refractivity contribution >= 4 is 0 Å². The van der Waals surface area contributed by atoms with E-state index in [4.69, 9.17) is 22.3 Å². The van der Waals surface area contributed by atoms with E-state index in [0.717, 1.165) is 0 Å². The molecule has 1 fully saturated rings. The lowest BCUT2D eigenvalue weighted by molar-refractivity contribution is -0.137. The highest BCUT2D eigenvalue weighted by Gasteiger charge is 2.39. The lowest BCUT2D eigenvalue weighted by atomic mass is 10.2. The fourth-order valence-electron chi connectivity index (χ4n) is 1.01. The van der Waals surface area contributed by atoms with Gasteiger partial charge in [0.15, 0.2) is 18.0 Å². The Labute approximate surface area is 66.9 Å². The highest BCUT2D eigenvalue weighted by molar-refractivity contribution is 5.13. The molecule has 0 amide bonds. The Balaban J connectivity index is 2.74. The van der Waals surface area contributed by atoms with Crippen LogP contribution < -0.4 is 0 Å². The first-order valence-electron chi connectivity index (χ1n) is 3.37. The van der Waals surface area contributed by atoms with Crippen molar-refractivity contribution in [3.63, 3.8) is 0 Å². The van der Waals surface area contributed by atoms with Crippen LogP contribution in [0.5, 0.6) is 0 Å². The zero-order chi connectivity index (χ0) is 8.48. The van der Waals surface area contributed by atoms with Gasteiger partial charge in [-0.1, -0.05) is 11.8 Å². The van der Waals surface area contributed by atoms with E-state index in [9.17, 15) is 0 Å². The first-order chi connectivity index (χ1) is 5.09. The van der Waals surface area contributed by atoms with Gasteiger partial charge in [0.2, 0.25) is 0 Å². The second kappa shape index (κ2) is 2.58. The van der Waals surface area contributed by atoms with Crippen molar-refractivity contribution in [3.05, 3.63) is 0 Å². The Morgan fingerprint density at radius 1 is 1.09 bits per heavy atom. The zero-order valence-corrected chi connectivity index (χ0v) is 6.63. The monoisotopic (exact) mass is 150 g/mol. The van der Waals surface area contributed by atoms with E-state index in [1.54, 1.807) is 13.8 Å². The third-order valence-electron chi connectivity index (χ3n) is 1.43. The third kappa shape index (κ3) is 1.54. The van der Waals surface area contributed by atoms with Crippen molar-refractivity contribution in [1.29, 1.82) is 0 Å². The Morgan fingerprint density at radius 2 is 1.45 bits per heavy atom. The summed E-state index contributed by atoms with van der Waals surface area (Å²) in [4.78, 5) is 0. The van der Waals surface area contributed by atoms with Gasteiger partial charge in [0.1, 0.15) is 0 Å². The van der Waals surface area contributed by atoms with Gasteiger partial charge in [0.25, 0.3) is 0 Å². The van der Waals surface area contributed by atoms with Gasteiger partial charge in [-0.05, 0) is 13.8 Å². The normalized spacial score (nSPS) is 34.2. The quantitative estimate of drug-likeness (QED) is 0.475. The molecule has 0 aromatic heterocycles. The number of ether oxygens (including phenoxy) is 2. The van der Waals surface area contributed by atoms with Crippen LogP contribution in [0.25, 0.3) is 0 Å². The molecular formula is C9H10O2. The maximum absolute atomic E-state index is 5.30. The summed E-state index contributed by atoms with van der Waals surface area (Å²) in [6.45, 7) is 3.57. The summed E-state index contributed by atoms with van der Waals surface area (Å²) in [5, 5.41) is 0. The van der Waals surface area contributed by atoms with Gasteiger partial charge < -0.3 is 9.47 Å². The molecule has 1 heterocycles. The molecule has 2 heteroatoms. The van der Waals surface area contributed by atoms with Crippen LogP contribution in [0.2, 0.25) is 0 Å². The third-order valence-corrected chi connectivity index (χ3v) is 1.43. The molecule has 1 saturated heterocycles. The molecule has 0 aliphatic carbocycles. The van der Waals surface area contributed by atoms with Crippen LogP contribution in [-0.4, -0.2) is 18.0 Å². The van der Waals surface area contributed by atoms with Gasteiger partial charge in [-0.3, -0.25) is 0 Å². The van der Waals surface area contributed by atoms with Crippen LogP contribution in [-0.2, 0) is 9.47 Å². The minimum atomic E-state index is -0.645. The first kappa shape index (κ1) is 8.14. The van der Waals surface area contributed by atoms with Gasteiger partial charge in [0.05, 0.1) is 0 Å². The number of terminal acetylenes is 2. The highest BCUT2D eigenvalue weighted by atomic mass is 16.7. The Hall–Kier alpha value is -0.960. The van der Waals surface area contributed by atoms with Gasteiger partial charge in [-0.25, -0.2) is 0 Å². The van der Waals surface area contributed by atoms with Crippen LogP contribution in [0.15, 0.2) is 0 Å². The maximum Gasteiger partial charge on any atom is 0.166 e. The van der Waals surface area contributed by atoms with Crippen molar-refractivity contribution in [2.45, 2.75) is 31.8 Å². The molecule has 1 aliphatic heterocycles. The van der Waals surface area contributed by atoms with Gasteiger partial charge in [0, 0.05) is 0 Å². The van der Waals surface area contributed by atoms with Crippen molar-refractivity contribution < 1.29 is 9.47 Å². The summed E-state index contributed by atoms with van der Waals surface area (Å²) >= 11 is 0. The summed E-state index contributed by atoms with van der Waals surface area (Å²) in [5.74, 6) is 4.22.